The smallest absolute Gasteiger partial charge is 0.358 e. The summed E-state index contributed by atoms with van der Waals surface area (Å²) < 4.78 is 1.55. The Morgan fingerprint density at radius 1 is 1.10 bits per heavy atom. The van der Waals surface area contributed by atoms with Crippen LogP contribution in [0, 0.1) is 6.92 Å². The van der Waals surface area contributed by atoms with E-state index in [-0.39, 0.29) is 5.69 Å². The maximum atomic E-state index is 11.4. The number of nitrogens with zero attached hydrogens (tertiary/aromatic N) is 3. The SMILES string of the molecule is Cc1cccc(-c2c(C(=O)O)nnn2-c2ccccc2)c1. The minimum atomic E-state index is -1.09. The largest absolute Gasteiger partial charge is 0.476 e. The molecule has 5 heteroatoms. The molecule has 0 aliphatic rings. The van der Waals surface area contributed by atoms with Crippen molar-refractivity contribution in [2.24, 2.45) is 0 Å². The third-order valence-corrected chi connectivity index (χ3v) is 3.17. The minimum Gasteiger partial charge on any atom is -0.476 e. The molecule has 0 spiro atoms. The fourth-order valence-electron chi connectivity index (χ4n) is 2.23. The van der Waals surface area contributed by atoms with E-state index in [0.717, 1.165) is 16.8 Å². The van der Waals surface area contributed by atoms with E-state index >= 15 is 0 Å². The number of aromatic nitrogens is 3. The lowest BCUT2D eigenvalue weighted by Crippen LogP contribution is -2.03. The summed E-state index contributed by atoms with van der Waals surface area (Å²) in [6.07, 6.45) is 0. The summed E-state index contributed by atoms with van der Waals surface area (Å²) in [5.41, 5.74) is 3.03. The van der Waals surface area contributed by atoms with Crippen LogP contribution in [0.4, 0.5) is 0 Å². The van der Waals surface area contributed by atoms with Gasteiger partial charge in [0, 0.05) is 5.56 Å². The van der Waals surface area contributed by atoms with Crippen LogP contribution in [0.2, 0.25) is 0 Å². The van der Waals surface area contributed by atoms with Crippen molar-refractivity contribution in [1.82, 2.24) is 15.0 Å². The molecule has 0 saturated heterocycles. The second-order valence-electron chi connectivity index (χ2n) is 4.71. The van der Waals surface area contributed by atoms with Crippen molar-refractivity contribution in [2.75, 3.05) is 0 Å². The average molecular weight is 279 g/mol. The van der Waals surface area contributed by atoms with Crippen LogP contribution in [-0.4, -0.2) is 26.1 Å². The van der Waals surface area contributed by atoms with Crippen molar-refractivity contribution in [3.63, 3.8) is 0 Å². The van der Waals surface area contributed by atoms with Gasteiger partial charge in [0.15, 0.2) is 5.69 Å². The van der Waals surface area contributed by atoms with Crippen LogP contribution >= 0.6 is 0 Å². The Labute approximate surface area is 121 Å². The van der Waals surface area contributed by atoms with E-state index in [1.165, 1.54) is 0 Å². The Hall–Kier alpha value is -2.95. The summed E-state index contributed by atoms with van der Waals surface area (Å²) in [7, 11) is 0. The molecule has 0 amide bonds. The average Bonchev–Trinajstić information content (AvgIpc) is 2.93. The maximum absolute atomic E-state index is 11.4. The van der Waals surface area contributed by atoms with Crippen molar-refractivity contribution in [2.45, 2.75) is 6.92 Å². The summed E-state index contributed by atoms with van der Waals surface area (Å²) in [4.78, 5) is 11.4. The molecular formula is C16H13N3O2. The molecule has 1 heterocycles. The summed E-state index contributed by atoms with van der Waals surface area (Å²) >= 11 is 0. The molecule has 0 saturated carbocycles. The van der Waals surface area contributed by atoms with Crippen LogP contribution < -0.4 is 0 Å². The van der Waals surface area contributed by atoms with Crippen molar-refractivity contribution in [1.29, 1.82) is 0 Å². The van der Waals surface area contributed by atoms with Gasteiger partial charge in [0.05, 0.1) is 5.69 Å². The third kappa shape index (κ3) is 2.41. The Morgan fingerprint density at radius 3 is 2.52 bits per heavy atom. The fourth-order valence-corrected chi connectivity index (χ4v) is 2.23. The number of carbonyl (C=O) groups is 1. The van der Waals surface area contributed by atoms with Crippen LogP contribution in [-0.2, 0) is 0 Å². The maximum Gasteiger partial charge on any atom is 0.358 e. The highest BCUT2D eigenvalue weighted by atomic mass is 16.4. The number of hydrogen-bond acceptors (Lipinski definition) is 3. The van der Waals surface area contributed by atoms with Gasteiger partial charge in [-0.15, -0.1) is 5.10 Å². The number of rotatable bonds is 3. The Morgan fingerprint density at radius 2 is 1.86 bits per heavy atom. The van der Waals surface area contributed by atoms with Crippen molar-refractivity contribution < 1.29 is 9.90 Å². The molecule has 5 nitrogen and oxygen atoms in total. The van der Waals surface area contributed by atoms with Crippen LogP contribution in [0.5, 0.6) is 0 Å². The highest BCUT2D eigenvalue weighted by Crippen LogP contribution is 2.25. The van der Waals surface area contributed by atoms with E-state index < -0.39 is 5.97 Å². The highest BCUT2D eigenvalue weighted by Gasteiger charge is 2.21. The zero-order valence-corrected chi connectivity index (χ0v) is 11.4. The lowest BCUT2D eigenvalue weighted by molar-refractivity contribution is 0.0691. The molecule has 2 aromatic carbocycles. The van der Waals surface area contributed by atoms with Crippen LogP contribution in [0.1, 0.15) is 16.1 Å². The van der Waals surface area contributed by atoms with Gasteiger partial charge in [-0.05, 0) is 25.1 Å². The predicted octanol–water partition coefficient (Wildman–Crippen LogP) is 2.94. The minimum absolute atomic E-state index is 0.0514. The third-order valence-electron chi connectivity index (χ3n) is 3.17. The highest BCUT2D eigenvalue weighted by molar-refractivity contribution is 5.93. The number of benzene rings is 2. The van der Waals surface area contributed by atoms with E-state index in [9.17, 15) is 9.90 Å². The lowest BCUT2D eigenvalue weighted by atomic mass is 10.1. The topological polar surface area (TPSA) is 68.0 Å². The van der Waals surface area contributed by atoms with E-state index in [0.29, 0.717) is 5.69 Å². The molecule has 1 aromatic heterocycles. The number of hydrogen-bond donors (Lipinski definition) is 1. The number of para-hydroxylation sites is 1. The van der Waals surface area contributed by atoms with Gasteiger partial charge in [-0.3, -0.25) is 0 Å². The molecule has 0 atom stereocenters. The molecule has 0 fully saturated rings. The van der Waals surface area contributed by atoms with Crippen molar-refractivity contribution in [3.8, 4) is 16.9 Å². The van der Waals surface area contributed by atoms with Gasteiger partial charge in [-0.1, -0.05) is 47.2 Å². The number of carboxylic acids is 1. The lowest BCUT2D eigenvalue weighted by Gasteiger charge is -2.07. The predicted molar refractivity (Wildman–Crippen MR) is 78.5 cm³/mol. The Balaban J connectivity index is 2.26. The Kier molecular flexibility index (Phi) is 3.23. The van der Waals surface area contributed by atoms with Gasteiger partial charge < -0.3 is 5.11 Å². The second-order valence-corrected chi connectivity index (χ2v) is 4.71. The monoisotopic (exact) mass is 279 g/mol. The van der Waals surface area contributed by atoms with E-state index in [4.69, 9.17) is 0 Å². The standard InChI is InChI=1S/C16H13N3O2/c1-11-6-5-7-12(10-11)15-14(16(20)21)17-18-19(15)13-8-3-2-4-9-13/h2-10H,1H3,(H,20,21). The van der Waals surface area contributed by atoms with E-state index in [2.05, 4.69) is 10.3 Å². The molecule has 0 unspecified atom stereocenters. The number of carboxylic acid groups (broad SMARTS) is 1. The molecule has 0 radical (unpaired) electrons. The number of aryl methyl sites for hydroxylation is 1. The van der Waals surface area contributed by atoms with Gasteiger partial charge in [0.25, 0.3) is 0 Å². The zero-order chi connectivity index (χ0) is 14.8. The second kappa shape index (κ2) is 5.20. The Bertz CT molecular complexity index is 794. The molecule has 0 aliphatic heterocycles. The fraction of sp³-hybridized carbons (Fsp3) is 0.0625. The zero-order valence-electron chi connectivity index (χ0n) is 11.4. The van der Waals surface area contributed by atoms with E-state index in [1.807, 2.05) is 61.5 Å². The van der Waals surface area contributed by atoms with E-state index in [1.54, 1.807) is 4.68 Å². The summed E-state index contributed by atoms with van der Waals surface area (Å²) in [5.74, 6) is -1.09. The molecule has 3 aromatic rings. The molecule has 1 N–H and O–H groups in total. The summed E-state index contributed by atoms with van der Waals surface area (Å²) in [6, 6.07) is 17.0. The molecular weight excluding hydrogens is 266 g/mol. The van der Waals surface area contributed by atoms with Crippen LogP contribution in [0.25, 0.3) is 16.9 Å². The molecule has 104 valence electrons. The first-order chi connectivity index (χ1) is 10.2. The summed E-state index contributed by atoms with van der Waals surface area (Å²) in [5, 5.41) is 17.2. The first-order valence-corrected chi connectivity index (χ1v) is 6.48. The molecule has 3 rings (SSSR count). The van der Waals surface area contributed by atoms with Gasteiger partial charge in [-0.25, -0.2) is 9.48 Å². The molecule has 0 aliphatic carbocycles. The first-order valence-electron chi connectivity index (χ1n) is 6.48. The normalized spacial score (nSPS) is 10.5. The van der Waals surface area contributed by atoms with Gasteiger partial charge >= 0.3 is 5.97 Å². The van der Waals surface area contributed by atoms with Crippen LogP contribution in [0.3, 0.4) is 0 Å². The number of aromatic carboxylic acids is 1. The van der Waals surface area contributed by atoms with Crippen molar-refractivity contribution >= 4 is 5.97 Å². The van der Waals surface area contributed by atoms with Crippen molar-refractivity contribution in [3.05, 3.63) is 65.9 Å². The summed E-state index contributed by atoms with van der Waals surface area (Å²) in [6.45, 7) is 1.96. The van der Waals surface area contributed by atoms with Crippen LogP contribution in [0.15, 0.2) is 54.6 Å². The quantitative estimate of drug-likeness (QED) is 0.800. The molecule has 0 bridgehead atoms. The molecule has 21 heavy (non-hydrogen) atoms. The van der Waals surface area contributed by atoms with Gasteiger partial charge in [-0.2, -0.15) is 0 Å². The van der Waals surface area contributed by atoms with Gasteiger partial charge in [0.2, 0.25) is 0 Å². The first kappa shape index (κ1) is 13.1. The van der Waals surface area contributed by atoms with Gasteiger partial charge in [0.1, 0.15) is 5.69 Å².